The van der Waals surface area contributed by atoms with Gasteiger partial charge in [0.2, 0.25) is 0 Å². The number of allylic oxidation sites excluding steroid dienone is 1. The molecule has 2 rings (SSSR count). The molecule has 3 nitrogen and oxygen atoms in total. The molecule has 0 bridgehead atoms. The normalized spacial score (nSPS) is 35.2. The van der Waals surface area contributed by atoms with Crippen molar-refractivity contribution >= 4 is 21.2 Å². The summed E-state index contributed by atoms with van der Waals surface area (Å²) in [6, 6.07) is 0. The first-order valence-corrected chi connectivity index (χ1v) is 4.07. The van der Waals surface area contributed by atoms with E-state index in [4.69, 9.17) is 0 Å². The zero-order valence-electron chi connectivity index (χ0n) is 5.74. The summed E-state index contributed by atoms with van der Waals surface area (Å²) in [6.07, 6.45) is 2.81. The van der Waals surface area contributed by atoms with E-state index in [1.165, 1.54) is 0 Å². The van der Waals surface area contributed by atoms with Gasteiger partial charge in [0.25, 0.3) is 0 Å². The monoisotopic (exact) mass is 170 g/mol. The molecule has 58 valence electrons. The van der Waals surface area contributed by atoms with E-state index in [1.807, 2.05) is 6.08 Å². The van der Waals surface area contributed by atoms with E-state index in [1.54, 1.807) is 0 Å². The van der Waals surface area contributed by atoms with Crippen molar-refractivity contribution in [2.75, 3.05) is 0 Å². The molecule has 0 aromatic carbocycles. The van der Waals surface area contributed by atoms with Gasteiger partial charge in [0, 0.05) is 0 Å². The predicted molar refractivity (Wildman–Crippen MR) is 40.8 cm³/mol. The van der Waals surface area contributed by atoms with E-state index >= 15 is 0 Å². The van der Waals surface area contributed by atoms with Gasteiger partial charge >= 0.3 is 11.9 Å². The predicted octanol–water partition coefficient (Wildman–Crippen LogP) is 0.260. The summed E-state index contributed by atoms with van der Waals surface area (Å²) in [6.45, 7) is 0. The van der Waals surface area contributed by atoms with Gasteiger partial charge in [-0.3, -0.25) is 9.59 Å². The first kappa shape index (κ1) is 6.99. The van der Waals surface area contributed by atoms with Crippen molar-refractivity contribution in [1.82, 2.24) is 0 Å². The molecule has 0 N–H and O–H groups in total. The summed E-state index contributed by atoms with van der Waals surface area (Å²) < 4.78 is 4.45. The van der Waals surface area contributed by atoms with Crippen molar-refractivity contribution in [3.05, 3.63) is 11.6 Å². The van der Waals surface area contributed by atoms with Gasteiger partial charge in [0.05, 0.1) is 11.6 Å². The number of carbonyl (C=O) groups excluding carboxylic acids is 2. The van der Waals surface area contributed by atoms with Crippen LogP contribution in [0.1, 0.15) is 6.42 Å². The maximum absolute atomic E-state index is 11.0. The van der Waals surface area contributed by atoms with Crippen LogP contribution in [0.25, 0.3) is 0 Å². The number of esters is 2. The summed E-state index contributed by atoms with van der Waals surface area (Å²) >= 11 is 0. The molecule has 0 aromatic heterocycles. The largest absolute Gasteiger partial charge is 0.392 e. The Kier molecular flexibility index (Phi) is 1.36. The molecule has 0 amide bonds. The Hall–Kier alpha value is -0.690. The van der Waals surface area contributed by atoms with Crippen molar-refractivity contribution in [2.24, 2.45) is 5.92 Å². The van der Waals surface area contributed by atoms with Gasteiger partial charge in [-0.25, -0.2) is 0 Å². The summed E-state index contributed by atoms with van der Waals surface area (Å²) in [7, 11) is 2.35. The lowest BCUT2D eigenvalue weighted by atomic mass is 10.0. The van der Waals surface area contributed by atoms with Crippen molar-refractivity contribution in [2.45, 2.75) is 12.1 Å². The number of hydrogen-bond acceptors (Lipinski definition) is 3. The molecule has 3 atom stereocenters. The van der Waals surface area contributed by atoms with Gasteiger partial charge in [0.1, 0.15) is 0 Å². The minimum atomic E-state index is -0.419. The number of ether oxygens (including phenoxy) is 1. The maximum Gasteiger partial charge on any atom is 0.321 e. The van der Waals surface area contributed by atoms with Crippen LogP contribution in [0.5, 0.6) is 0 Å². The first-order valence-electron chi connectivity index (χ1n) is 3.40. The molecule has 4 heteroatoms. The van der Waals surface area contributed by atoms with E-state index in [0.29, 0.717) is 0 Å². The zero-order valence-corrected chi connectivity index (χ0v) is 6.90. The second-order valence-electron chi connectivity index (χ2n) is 2.73. The topological polar surface area (TPSA) is 43.4 Å². The summed E-state index contributed by atoms with van der Waals surface area (Å²) in [5, 5.41) is 0. The maximum atomic E-state index is 11.0. The molecular formula is C7H7O3P. The van der Waals surface area contributed by atoms with Crippen LogP contribution in [-0.4, -0.2) is 17.6 Å². The molecule has 0 radical (unpaired) electrons. The summed E-state index contributed by atoms with van der Waals surface area (Å²) in [4.78, 5) is 21.8. The van der Waals surface area contributed by atoms with Gasteiger partial charge in [0.15, 0.2) is 0 Å². The molecule has 11 heavy (non-hydrogen) atoms. The van der Waals surface area contributed by atoms with Gasteiger partial charge in [-0.1, -0.05) is 11.6 Å². The van der Waals surface area contributed by atoms with Crippen LogP contribution in [0, 0.1) is 5.92 Å². The molecule has 0 aromatic rings. The number of rotatable bonds is 1. The van der Waals surface area contributed by atoms with E-state index < -0.39 is 11.9 Å². The lowest BCUT2D eigenvalue weighted by Gasteiger charge is -2.01. The first-order chi connectivity index (χ1) is 5.20. The lowest BCUT2D eigenvalue weighted by Crippen LogP contribution is -2.15. The molecule has 1 saturated heterocycles. The van der Waals surface area contributed by atoms with Crippen molar-refractivity contribution in [3.8, 4) is 0 Å². The Labute approximate surface area is 66.0 Å². The number of hydrogen-bond donors (Lipinski definition) is 0. The molecule has 1 aliphatic carbocycles. The molecule has 0 spiro atoms. The minimum absolute atomic E-state index is 0.299. The van der Waals surface area contributed by atoms with Crippen LogP contribution in [0.3, 0.4) is 0 Å². The fourth-order valence-corrected chi connectivity index (χ4v) is 1.68. The van der Waals surface area contributed by atoms with Gasteiger partial charge in [-0.15, -0.1) is 9.24 Å². The van der Waals surface area contributed by atoms with Crippen molar-refractivity contribution < 1.29 is 14.3 Å². The third-order valence-corrected chi connectivity index (χ3v) is 2.58. The molecule has 1 fully saturated rings. The van der Waals surface area contributed by atoms with Crippen molar-refractivity contribution in [1.29, 1.82) is 0 Å². The molecule has 2 aliphatic rings. The van der Waals surface area contributed by atoms with Crippen LogP contribution < -0.4 is 0 Å². The Balaban J connectivity index is 2.24. The van der Waals surface area contributed by atoms with E-state index in [0.717, 1.165) is 12.0 Å². The summed E-state index contributed by atoms with van der Waals surface area (Å²) in [5.74, 6) is -1.11. The molecule has 0 saturated carbocycles. The van der Waals surface area contributed by atoms with Crippen LogP contribution in [0.4, 0.5) is 0 Å². The highest BCUT2D eigenvalue weighted by molar-refractivity contribution is 7.19. The second kappa shape index (κ2) is 2.15. The van der Waals surface area contributed by atoms with Crippen LogP contribution >= 0.6 is 9.24 Å². The van der Waals surface area contributed by atoms with Crippen LogP contribution in [0.2, 0.25) is 0 Å². The molecular weight excluding hydrogens is 163 g/mol. The fourth-order valence-electron chi connectivity index (χ4n) is 1.21. The van der Waals surface area contributed by atoms with Crippen LogP contribution in [0.15, 0.2) is 11.6 Å². The zero-order chi connectivity index (χ0) is 8.01. The Morgan fingerprint density at radius 3 is 2.45 bits per heavy atom. The Morgan fingerprint density at radius 2 is 2.09 bits per heavy atom. The van der Waals surface area contributed by atoms with Crippen LogP contribution in [-0.2, 0) is 14.3 Å². The third kappa shape index (κ3) is 1.000. The van der Waals surface area contributed by atoms with Gasteiger partial charge in [-0.05, 0) is 6.42 Å². The van der Waals surface area contributed by atoms with Gasteiger partial charge < -0.3 is 4.74 Å². The van der Waals surface area contributed by atoms with Gasteiger partial charge in [-0.2, -0.15) is 0 Å². The molecule has 3 unspecified atom stereocenters. The highest BCUT2D eigenvalue weighted by Crippen LogP contribution is 2.38. The van der Waals surface area contributed by atoms with E-state index in [2.05, 4.69) is 14.0 Å². The molecule has 1 aliphatic heterocycles. The average Bonchev–Trinajstić information content (AvgIpc) is 2.68. The highest BCUT2D eigenvalue weighted by atomic mass is 31.0. The van der Waals surface area contributed by atoms with Crippen molar-refractivity contribution in [3.63, 3.8) is 0 Å². The number of carbonyl (C=O) groups is 2. The third-order valence-electron chi connectivity index (χ3n) is 1.93. The minimum Gasteiger partial charge on any atom is -0.392 e. The summed E-state index contributed by atoms with van der Waals surface area (Å²) in [5.41, 5.74) is 0.692. The van der Waals surface area contributed by atoms with E-state index in [9.17, 15) is 9.59 Å². The SMILES string of the molecule is O=C1OC(=O)C(C2=CC2)C1P. The van der Waals surface area contributed by atoms with E-state index in [-0.39, 0.29) is 11.6 Å². The second-order valence-corrected chi connectivity index (χ2v) is 3.44. The Bertz CT molecular complexity index is 269. The number of cyclic esters (lactones) is 2. The molecule has 1 heterocycles. The standard InChI is InChI=1S/C7H7O3P/c8-6-4(3-1-2-3)5(11)7(9)10-6/h1,4-5H,2,11H2. The lowest BCUT2D eigenvalue weighted by molar-refractivity contribution is -0.152. The average molecular weight is 170 g/mol. The Morgan fingerprint density at radius 1 is 1.45 bits per heavy atom. The smallest absolute Gasteiger partial charge is 0.321 e. The fraction of sp³-hybridized carbons (Fsp3) is 0.429. The highest BCUT2D eigenvalue weighted by Gasteiger charge is 2.45. The quantitative estimate of drug-likeness (QED) is 0.245.